The number of carbonyl (C=O) groups is 4. The number of benzene rings is 2. The number of carboxylic acids is 2. The largest absolute Gasteiger partial charge is 0.481 e. The molecule has 6 aromatic rings. The van der Waals surface area contributed by atoms with E-state index in [-0.39, 0.29) is 33.6 Å². The normalized spacial score (nSPS) is 11.4. The van der Waals surface area contributed by atoms with Gasteiger partial charge in [-0.3, -0.25) is 15.0 Å². The number of hydrogen-bond acceptors (Lipinski definition) is 15. The fraction of sp³-hybridized carbons (Fsp3) is 0.225. The molecule has 0 saturated heterocycles. The van der Waals surface area contributed by atoms with E-state index in [0.29, 0.717) is 33.1 Å². The van der Waals surface area contributed by atoms with Crippen LogP contribution in [0, 0.1) is 5.82 Å². The van der Waals surface area contributed by atoms with Gasteiger partial charge in [-0.15, -0.1) is 0 Å². The number of carboxylic acid groups (broad SMARTS) is 2. The summed E-state index contributed by atoms with van der Waals surface area (Å²) >= 11 is 14.6. The molecule has 0 fully saturated rings. The van der Waals surface area contributed by atoms with E-state index in [4.69, 9.17) is 52.4 Å². The van der Waals surface area contributed by atoms with Crippen molar-refractivity contribution in [2.24, 2.45) is 7.05 Å². The standard InChI is InChI=1S/C15H12BrClF4N2O2.C14H12F3N5O7S.C11H8ClNO3/c1-6(2)25-14(24)7-4-8(10(18)5-9(7)17)12-11(16)13(15(19,20)21)23(3)22-12;1-28-8-5-9(29-2)20-12(19-8)21-13(25)22-30(26,27)10-6(11(23)24)3-4-7(18-10)14(15,16)17;12-8-3-4-9(16-6-10(14)15)11-7(8)2-1-5-13-11/h4-6H,1-3H3;3-5H,1-2H3,(H,23,24)(H2,19,20,21,22,25);1-5H,6H2,(H,14,15). The van der Waals surface area contributed by atoms with Gasteiger partial charge < -0.3 is 29.2 Å². The lowest BCUT2D eigenvalue weighted by atomic mass is 10.1. The highest BCUT2D eigenvalue weighted by Crippen LogP contribution is 2.41. The Bertz CT molecular complexity index is 3090. The number of rotatable bonds is 12. The Morgan fingerprint density at radius 3 is 2.04 bits per heavy atom. The Kier molecular flexibility index (Phi) is 18.5. The number of aromatic nitrogens is 6. The smallest absolute Gasteiger partial charge is 0.434 e. The number of sulfonamides is 1. The van der Waals surface area contributed by atoms with E-state index >= 15 is 0 Å². The molecule has 0 aliphatic rings. The van der Waals surface area contributed by atoms with E-state index < -0.39 is 97.2 Å². The summed E-state index contributed by atoms with van der Waals surface area (Å²) in [6.45, 7) is 2.83. The van der Waals surface area contributed by atoms with Crippen LogP contribution in [-0.4, -0.2) is 99.2 Å². The van der Waals surface area contributed by atoms with Crippen LogP contribution in [0.3, 0.4) is 0 Å². The molecule has 4 N–H and O–H groups in total. The molecule has 2 aromatic carbocycles. The number of alkyl halides is 6. The predicted molar refractivity (Wildman–Crippen MR) is 237 cm³/mol. The molecule has 380 valence electrons. The summed E-state index contributed by atoms with van der Waals surface area (Å²) in [6.07, 6.45) is -8.60. The van der Waals surface area contributed by atoms with E-state index in [0.717, 1.165) is 24.6 Å². The van der Waals surface area contributed by atoms with Gasteiger partial charge in [-0.05, 0) is 78.3 Å². The number of anilines is 1. The maximum absolute atomic E-state index is 14.3. The highest BCUT2D eigenvalue weighted by Gasteiger charge is 2.40. The molecule has 0 unspecified atom stereocenters. The minimum absolute atomic E-state index is 0.0623. The molecule has 0 bridgehead atoms. The second-order valence-electron chi connectivity index (χ2n) is 13.7. The summed E-state index contributed by atoms with van der Waals surface area (Å²) < 4.78 is 138. The van der Waals surface area contributed by atoms with Gasteiger partial charge in [0.2, 0.25) is 17.7 Å². The zero-order chi connectivity index (χ0) is 53.3. The number of fused-ring (bicyclic) bond motifs is 1. The number of urea groups is 1. The summed E-state index contributed by atoms with van der Waals surface area (Å²) in [7, 11) is -1.58. The monoisotopic (exact) mass is 1130 g/mol. The molecule has 0 aliphatic heterocycles. The molecule has 0 saturated carbocycles. The Hall–Kier alpha value is -7.11. The van der Waals surface area contributed by atoms with Crippen molar-refractivity contribution in [1.82, 2.24) is 34.4 Å². The zero-order valence-electron chi connectivity index (χ0n) is 36.4. The Balaban J connectivity index is 0.000000241. The van der Waals surface area contributed by atoms with E-state index in [2.05, 4.69) is 41.0 Å². The third kappa shape index (κ3) is 14.7. The summed E-state index contributed by atoms with van der Waals surface area (Å²) in [5.74, 6) is -4.82. The van der Waals surface area contributed by atoms with Crippen LogP contribution < -0.4 is 24.2 Å². The molecule has 2 amide bonds. The highest BCUT2D eigenvalue weighted by molar-refractivity contribution is 9.10. The molecule has 6 rings (SSSR count). The number of aromatic carboxylic acids is 1. The first kappa shape index (κ1) is 56.5. The number of amides is 2. The van der Waals surface area contributed by atoms with Crippen molar-refractivity contribution in [2.45, 2.75) is 37.3 Å². The number of aryl methyl sites for hydroxylation is 1. The summed E-state index contributed by atoms with van der Waals surface area (Å²) in [5.41, 5.74) is -4.05. The lowest BCUT2D eigenvalue weighted by Crippen LogP contribution is -2.36. The van der Waals surface area contributed by atoms with Crippen LogP contribution in [0.25, 0.3) is 22.2 Å². The van der Waals surface area contributed by atoms with Crippen molar-refractivity contribution >= 4 is 89.9 Å². The molecular weight excluding hydrogens is 1100 g/mol. The Morgan fingerprint density at radius 1 is 0.873 bits per heavy atom. The molecule has 4 aromatic heterocycles. The molecule has 0 atom stereocenters. The van der Waals surface area contributed by atoms with E-state index in [1.807, 2.05) is 5.32 Å². The average molecular weight is 1130 g/mol. The van der Waals surface area contributed by atoms with Crippen LogP contribution >= 0.6 is 39.1 Å². The quantitative estimate of drug-likeness (QED) is 0.0659. The third-order valence-electron chi connectivity index (χ3n) is 8.35. The second kappa shape index (κ2) is 23.2. The fourth-order valence-corrected chi connectivity index (χ4v) is 7.72. The lowest BCUT2D eigenvalue weighted by Gasteiger charge is -2.12. The number of nitrogens with zero attached hydrogens (tertiary/aromatic N) is 6. The van der Waals surface area contributed by atoms with Gasteiger partial charge >= 0.3 is 36.3 Å². The van der Waals surface area contributed by atoms with Gasteiger partial charge in [0.05, 0.1) is 52.0 Å². The maximum atomic E-state index is 14.3. The zero-order valence-corrected chi connectivity index (χ0v) is 40.3. The minimum Gasteiger partial charge on any atom is -0.481 e. The van der Waals surface area contributed by atoms with Crippen LogP contribution in [0.4, 0.5) is 41.5 Å². The number of methoxy groups -OCH3 is 2. The van der Waals surface area contributed by atoms with Gasteiger partial charge in [-0.25, -0.2) is 33.3 Å². The van der Waals surface area contributed by atoms with Gasteiger partial charge in [-0.1, -0.05) is 23.2 Å². The number of ether oxygens (including phenoxy) is 4. The number of halogens is 10. The summed E-state index contributed by atoms with van der Waals surface area (Å²) in [4.78, 5) is 60.0. The SMILES string of the molecule is CC(C)OC(=O)c1cc(-c2nn(C)c(C(F)(F)F)c2Br)c(F)cc1Cl.COc1cc(OC)nc(NC(=O)NS(=O)(=O)c2nc(C(F)(F)F)ccc2C(=O)O)n1.O=C(O)COc1ccc(Cl)c2cccnc12. The first-order valence-corrected chi connectivity index (χ1v) is 22.0. The number of pyridine rings is 2. The van der Waals surface area contributed by atoms with E-state index in [1.165, 1.54) is 25.0 Å². The fourth-order valence-electron chi connectivity index (χ4n) is 5.44. The van der Waals surface area contributed by atoms with Gasteiger partial charge in [0.15, 0.2) is 17.3 Å². The van der Waals surface area contributed by atoms with Crippen LogP contribution in [0.15, 0.2) is 70.3 Å². The van der Waals surface area contributed by atoms with Crippen molar-refractivity contribution in [2.75, 3.05) is 26.1 Å². The van der Waals surface area contributed by atoms with Crippen LogP contribution in [0.2, 0.25) is 10.0 Å². The molecule has 0 radical (unpaired) electrons. The highest BCUT2D eigenvalue weighted by atomic mass is 79.9. The van der Waals surface area contributed by atoms with Gasteiger partial charge in [0.1, 0.15) is 28.5 Å². The maximum Gasteiger partial charge on any atom is 0.434 e. The second-order valence-corrected chi connectivity index (χ2v) is 16.9. The van der Waals surface area contributed by atoms with E-state index in [1.54, 1.807) is 44.3 Å². The van der Waals surface area contributed by atoms with Crippen LogP contribution in [0.1, 0.15) is 46.0 Å². The molecule has 31 heteroatoms. The Labute approximate surface area is 413 Å². The minimum atomic E-state index is -5.14. The van der Waals surface area contributed by atoms with Crippen molar-refractivity contribution in [3.05, 3.63) is 104 Å². The first-order valence-electron chi connectivity index (χ1n) is 19.0. The number of aliphatic carboxylic acids is 1. The lowest BCUT2D eigenvalue weighted by molar-refractivity contribution is -0.144. The summed E-state index contributed by atoms with van der Waals surface area (Å²) in [5, 5.41) is 22.8. The molecule has 0 spiro atoms. The van der Waals surface area contributed by atoms with Crippen molar-refractivity contribution in [3.8, 4) is 28.8 Å². The average Bonchev–Trinajstić information content (AvgIpc) is 3.58. The van der Waals surface area contributed by atoms with Crippen LogP contribution in [0.5, 0.6) is 17.5 Å². The first-order chi connectivity index (χ1) is 33.0. The van der Waals surface area contributed by atoms with Gasteiger partial charge in [-0.2, -0.15) is 49.8 Å². The third-order valence-corrected chi connectivity index (χ3v) is 11.0. The topological polar surface area (TPSA) is 273 Å². The Morgan fingerprint density at radius 2 is 1.51 bits per heavy atom. The van der Waals surface area contributed by atoms with Gasteiger partial charge in [0, 0.05) is 24.2 Å². The predicted octanol–water partition coefficient (Wildman–Crippen LogP) is 8.69. The summed E-state index contributed by atoms with van der Waals surface area (Å²) in [6, 6.07) is 9.11. The number of carbonyl (C=O) groups excluding carboxylic acids is 2. The number of nitrogens with one attached hydrogen (secondary N) is 2. The molecule has 71 heavy (non-hydrogen) atoms. The molecule has 4 heterocycles. The molecule has 0 aliphatic carbocycles. The molecule has 20 nitrogen and oxygen atoms in total. The number of hydrogen-bond donors (Lipinski definition) is 4. The van der Waals surface area contributed by atoms with E-state index in [9.17, 15) is 58.3 Å². The van der Waals surface area contributed by atoms with Crippen molar-refractivity contribution in [3.63, 3.8) is 0 Å². The van der Waals surface area contributed by atoms with Crippen molar-refractivity contribution in [1.29, 1.82) is 0 Å². The number of esters is 1. The van der Waals surface area contributed by atoms with Crippen LogP contribution in [-0.2, 0) is 39.0 Å². The van der Waals surface area contributed by atoms with Gasteiger partial charge in [0.25, 0.3) is 10.0 Å². The molecular formula is C40H32BrCl2F7N8O12S. The van der Waals surface area contributed by atoms with Crippen molar-refractivity contribution < 1.29 is 87.5 Å².